The fourth-order valence-corrected chi connectivity index (χ4v) is 3.19. The molecule has 1 unspecified atom stereocenters. The predicted molar refractivity (Wildman–Crippen MR) is 116 cm³/mol. The number of para-hydroxylation sites is 1. The van der Waals surface area contributed by atoms with Crippen molar-refractivity contribution in [3.8, 4) is 11.5 Å². The minimum absolute atomic E-state index is 0.167. The van der Waals surface area contributed by atoms with Crippen LogP contribution in [0.4, 0.5) is 11.4 Å². The van der Waals surface area contributed by atoms with Gasteiger partial charge in [0.05, 0.1) is 11.4 Å². The maximum atomic E-state index is 12.9. The summed E-state index contributed by atoms with van der Waals surface area (Å²) in [5.74, 6) is 0.723. The first-order valence-electron chi connectivity index (χ1n) is 9.80. The summed E-state index contributed by atoms with van der Waals surface area (Å²) in [7, 11) is 0. The first kappa shape index (κ1) is 22.7. The number of rotatable bonds is 11. The molecule has 0 aliphatic rings. The number of carbonyl (C=O) groups excluding carboxylic acids is 1. The summed E-state index contributed by atoms with van der Waals surface area (Å²) in [4.78, 5) is 14.6. The van der Waals surface area contributed by atoms with Crippen molar-refractivity contribution in [2.45, 2.75) is 33.6 Å². The molecule has 0 saturated carbocycles. The van der Waals surface area contributed by atoms with E-state index in [0.29, 0.717) is 42.4 Å². The lowest BCUT2D eigenvalue weighted by Gasteiger charge is -2.23. The van der Waals surface area contributed by atoms with E-state index >= 15 is 0 Å². The molecule has 0 aliphatic carbocycles. The van der Waals surface area contributed by atoms with Gasteiger partial charge in [0.1, 0.15) is 5.75 Å². The average Bonchev–Trinajstić information content (AvgIpc) is 2.71. The molecule has 29 heavy (non-hydrogen) atoms. The van der Waals surface area contributed by atoms with E-state index in [9.17, 15) is 13.6 Å². The average molecular weight is 419 g/mol. The van der Waals surface area contributed by atoms with Crippen molar-refractivity contribution in [2.75, 3.05) is 29.7 Å². The van der Waals surface area contributed by atoms with Gasteiger partial charge in [0, 0.05) is 36.5 Å². The lowest BCUT2D eigenvalue weighted by Crippen LogP contribution is -2.30. The molecule has 2 rings (SSSR count). The number of nitrogens with zero attached hydrogens (tertiary/aromatic N) is 1. The highest BCUT2D eigenvalue weighted by atomic mass is 32.2. The number of hydrogen-bond donors (Lipinski definition) is 2. The number of benzene rings is 2. The summed E-state index contributed by atoms with van der Waals surface area (Å²) < 4.78 is 31.2. The molecule has 7 nitrogen and oxygen atoms in total. The van der Waals surface area contributed by atoms with Crippen LogP contribution in [0.2, 0.25) is 0 Å². The number of carbonyl (C=O) groups is 1. The fourth-order valence-electron chi connectivity index (χ4n) is 2.86. The van der Waals surface area contributed by atoms with Crippen LogP contribution in [0.1, 0.15) is 44.0 Å². The molecule has 0 aromatic heterocycles. The molecule has 2 aromatic rings. The van der Waals surface area contributed by atoms with Gasteiger partial charge in [-0.15, -0.1) is 0 Å². The molecular weight excluding hydrogens is 390 g/mol. The van der Waals surface area contributed by atoms with Gasteiger partial charge >= 0.3 is 0 Å². The molecule has 0 aliphatic heterocycles. The number of anilines is 2. The van der Waals surface area contributed by atoms with Gasteiger partial charge in [0.15, 0.2) is 5.75 Å². The van der Waals surface area contributed by atoms with Crippen LogP contribution >= 0.6 is 0 Å². The highest BCUT2D eigenvalue weighted by molar-refractivity contribution is 7.80. The Kier molecular flexibility index (Phi) is 8.95. The normalized spacial score (nSPS) is 11.6. The van der Waals surface area contributed by atoms with Crippen LogP contribution in [0.5, 0.6) is 11.5 Å². The molecule has 0 spiro atoms. The fraction of sp³-hybridized carbons (Fsp3) is 0.381. The summed E-state index contributed by atoms with van der Waals surface area (Å²) in [5, 5.41) is 3.28. The van der Waals surface area contributed by atoms with Crippen LogP contribution in [-0.2, 0) is 11.3 Å². The molecule has 0 radical (unpaired) electrons. The Morgan fingerprint density at radius 2 is 1.76 bits per heavy atom. The molecule has 0 bridgehead atoms. The third kappa shape index (κ3) is 6.47. The van der Waals surface area contributed by atoms with Crippen molar-refractivity contribution >= 4 is 28.5 Å². The van der Waals surface area contributed by atoms with Crippen molar-refractivity contribution in [3.05, 3.63) is 48.0 Å². The summed E-state index contributed by atoms with van der Waals surface area (Å²) >= 11 is -2.57. The van der Waals surface area contributed by atoms with E-state index in [2.05, 4.69) is 17.0 Å². The molecule has 1 amide bonds. The maximum Gasteiger partial charge on any atom is 0.253 e. The van der Waals surface area contributed by atoms with E-state index in [4.69, 9.17) is 4.74 Å². The van der Waals surface area contributed by atoms with Gasteiger partial charge in [-0.3, -0.25) is 9.00 Å². The molecule has 2 N–H and O–H groups in total. The highest BCUT2D eigenvalue weighted by Gasteiger charge is 2.20. The van der Waals surface area contributed by atoms with Crippen LogP contribution in [0.25, 0.3) is 0 Å². The predicted octanol–water partition coefficient (Wildman–Crippen LogP) is 4.38. The Morgan fingerprint density at radius 1 is 1.10 bits per heavy atom. The second-order valence-electron chi connectivity index (χ2n) is 6.41. The zero-order valence-corrected chi connectivity index (χ0v) is 17.9. The Balaban J connectivity index is 2.54. The molecule has 2 aromatic carbocycles. The third-order valence-electron chi connectivity index (χ3n) is 4.39. The van der Waals surface area contributed by atoms with Crippen LogP contribution < -0.4 is 14.8 Å². The Hall–Kier alpha value is -2.58. The minimum Gasteiger partial charge on any atom is -0.755 e. The molecule has 0 saturated heterocycles. The molecule has 0 fully saturated rings. The van der Waals surface area contributed by atoms with Gasteiger partial charge < -0.3 is 24.2 Å². The van der Waals surface area contributed by atoms with Gasteiger partial charge in [0.25, 0.3) is 5.91 Å². The first-order chi connectivity index (χ1) is 14.0. The van der Waals surface area contributed by atoms with Gasteiger partial charge in [-0.2, -0.15) is 0 Å². The lowest BCUT2D eigenvalue weighted by atomic mass is 10.1. The Morgan fingerprint density at radius 3 is 2.34 bits per heavy atom. The van der Waals surface area contributed by atoms with Crippen molar-refractivity contribution in [2.24, 2.45) is 0 Å². The quantitative estimate of drug-likeness (QED) is 0.417. The molecule has 158 valence electrons. The van der Waals surface area contributed by atoms with E-state index in [-0.39, 0.29) is 11.6 Å². The smallest absolute Gasteiger partial charge is 0.253 e. The third-order valence-corrected chi connectivity index (χ3v) is 4.78. The second kappa shape index (κ2) is 11.4. The zero-order valence-electron chi connectivity index (χ0n) is 17.1. The van der Waals surface area contributed by atoms with E-state index in [0.717, 1.165) is 12.8 Å². The number of hydrogen-bond acceptors (Lipinski definition) is 5. The molecule has 0 heterocycles. The first-order valence-corrected chi connectivity index (χ1v) is 10.9. The SMILES string of the molecule is CCCCNc1cc(C(=O)N(CC)CC)cc(NS(=O)[O-])c1Oc1ccccc1. The van der Waals surface area contributed by atoms with Crippen molar-refractivity contribution in [1.29, 1.82) is 0 Å². The molecule has 1 atom stereocenters. The summed E-state index contributed by atoms with van der Waals surface area (Å²) in [6.45, 7) is 7.68. The molecule has 8 heteroatoms. The van der Waals surface area contributed by atoms with Crippen LogP contribution in [0, 0.1) is 0 Å². The largest absolute Gasteiger partial charge is 0.755 e. The number of amides is 1. The maximum absolute atomic E-state index is 12.9. The van der Waals surface area contributed by atoms with Crippen molar-refractivity contribution in [1.82, 2.24) is 4.90 Å². The Bertz CT molecular complexity index is 826. The lowest BCUT2D eigenvalue weighted by molar-refractivity contribution is 0.0773. The number of nitrogens with one attached hydrogen (secondary N) is 2. The van der Waals surface area contributed by atoms with Crippen LogP contribution in [0.3, 0.4) is 0 Å². The van der Waals surface area contributed by atoms with Gasteiger partial charge in [0.2, 0.25) is 0 Å². The van der Waals surface area contributed by atoms with E-state index in [1.165, 1.54) is 6.07 Å². The van der Waals surface area contributed by atoms with E-state index in [1.807, 2.05) is 32.0 Å². The monoisotopic (exact) mass is 418 g/mol. The van der Waals surface area contributed by atoms with Crippen molar-refractivity contribution < 1.29 is 18.3 Å². The zero-order chi connectivity index (χ0) is 21.2. The summed E-state index contributed by atoms with van der Waals surface area (Å²) in [5.41, 5.74) is 1.16. The van der Waals surface area contributed by atoms with Gasteiger partial charge in [-0.05, 0) is 44.5 Å². The number of unbranched alkanes of at least 4 members (excludes halogenated alkanes) is 1. The van der Waals surface area contributed by atoms with Crippen molar-refractivity contribution in [3.63, 3.8) is 0 Å². The van der Waals surface area contributed by atoms with E-state index in [1.54, 1.807) is 23.1 Å². The van der Waals surface area contributed by atoms with E-state index < -0.39 is 11.3 Å². The van der Waals surface area contributed by atoms with Crippen LogP contribution in [-0.4, -0.2) is 39.2 Å². The van der Waals surface area contributed by atoms with Gasteiger partial charge in [-0.1, -0.05) is 31.5 Å². The Labute approximate surface area is 174 Å². The van der Waals surface area contributed by atoms with Crippen LogP contribution in [0.15, 0.2) is 42.5 Å². The summed E-state index contributed by atoms with van der Waals surface area (Å²) in [6, 6.07) is 12.3. The summed E-state index contributed by atoms with van der Waals surface area (Å²) in [6.07, 6.45) is 1.92. The number of ether oxygens (including phenoxy) is 1. The highest BCUT2D eigenvalue weighted by Crippen LogP contribution is 2.39. The minimum atomic E-state index is -2.57. The molecular formula is C21H28N3O4S-. The standard InChI is InChI=1S/C21H29N3O4S/c1-4-7-13-22-18-14-16(21(25)24(5-2)6-3)15-19(23-29(26)27)20(18)28-17-11-9-8-10-12-17/h8-12,14-15,22-23H,4-7,13H2,1-3H3,(H,26,27)/p-1. The second-order valence-corrected chi connectivity index (χ2v) is 7.08. The van der Waals surface area contributed by atoms with Gasteiger partial charge in [-0.25, -0.2) is 0 Å². The topological polar surface area (TPSA) is 93.7 Å².